The normalized spacial score (nSPS) is 13.8. The lowest BCUT2D eigenvalue weighted by molar-refractivity contribution is -0.142. The van der Waals surface area contributed by atoms with E-state index in [1.807, 2.05) is 6.07 Å². The van der Waals surface area contributed by atoms with Gasteiger partial charge in [-0.05, 0) is 31.0 Å². The van der Waals surface area contributed by atoms with Crippen molar-refractivity contribution in [2.45, 2.75) is 38.8 Å². The quantitative estimate of drug-likeness (QED) is 0.647. The molecule has 1 aromatic carbocycles. The summed E-state index contributed by atoms with van der Waals surface area (Å²) in [7, 11) is 0. The van der Waals surface area contributed by atoms with Crippen LogP contribution in [0.15, 0.2) is 24.3 Å². The van der Waals surface area contributed by atoms with Crippen LogP contribution in [0.1, 0.15) is 25.8 Å². The number of carboxylic acid groups (broad SMARTS) is 1. The highest BCUT2D eigenvalue weighted by Gasteiger charge is 2.27. The van der Waals surface area contributed by atoms with Crippen molar-refractivity contribution in [3.05, 3.63) is 35.6 Å². The first-order valence-electron chi connectivity index (χ1n) is 7.67. The second kappa shape index (κ2) is 9.37. The number of nitrogens with zero attached hydrogens (tertiary/aromatic N) is 1. The molecule has 1 rings (SSSR count). The molecule has 0 spiro atoms. The van der Waals surface area contributed by atoms with Crippen molar-refractivity contribution in [1.82, 2.24) is 10.6 Å². The first-order valence-corrected chi connectivity index (χ1v) is 7.67. The van der Waals surface area contributed by atoms with Crippen LogP contribution < -0.4 is 10.6 Å². The number of amides is 2. The second-order valence-electron chi connectivity index (χ2n) is 5.75. The number of carboxylic acids is 1. The Labute approximate surface area is 144 Å². The van der Waals surface area contributed by atoms with E-state index in [1.165, 1.54) is 25.1 Å². The summed E-state index contributed by atoms with van der Waals surface area (Å²) >= 11 is 0. The van der Waals surface area contributed by atoms with Gasteiger partial charge in [0.25, 0.3) is 0 Å². The van der Waals surface area contributed by atoms with Crippen LogP contribution in [0.3, 0.4) is 0 Å². The Balaban J connectivity index is 2.89. The molecule has 0 saturated heterocycles. The summed E-state index contributed by atoms with van der Waals surface area (Å²) in [5.74, 6) is -3.51. The SMILES string of the molecule is CC(=O)N[C@@H](Cc1cccc(F)c1)C(=O)N[C@H](C[C@H](C)C#N)C(=O)O. The maximum Gasteiger partial charge on any atom is 0.326 e. The Morgan fingerprint density at radius 1 is 1.28 bits per heavy atom. The molecule has 0 aliphatic heterocycles. The number of aliphatic carboxylic acids is 1. The average Bonchev–Trinajstić information content (AvgIpc) is 2.52. The molecule has 25 heavy (non-hydrogen) atoms. The van der Waals surface area contributed by atoms with Gasteiger partial charge in [0.1, 0.15) is 17.9 Å². The van der Waals surface area contributed by atoms with Gasteiger partial charge < -0.3 is 15.7 Å². The fourth-order valence-corrected chi connectivity index (χ4v) is 2.25. The summed E-state index contributed by atoms with van der Waals surface area (Å²) in [4.78, 5) is 35.0. The van der Waals surface area contributed by atoms with E-state index < -0.39 is 41.6 Å². The lowest BCUT2D eigenvalue weighted by Gasteiger charge is -2.21. The standard InChI is InChI=1S/C17H20FN3O4/c1-10(9-19)6-15(17(24)25)21-16(23)14(20-11(2)22)8-12-4-3-5-13(18)7-12/h3-5,7,10,14-15H,6,8H2,1-2H3,(H,20,22)(H,21,23)(H,24,25)/t10-,14-,15+/m0/s1. The first-order chi connectivity index (χ1) is 11.7. The maximum absolute atomic E-state index is 13.3. The van der Waals surface area contributed by atoms with Gasteiger partial charge in [0, 0.05) is 19.3 Å². The Kier molecular flexibility index (Phi) is 7.53. The zero-order chi connectivity index (χ0) is 19.0. The molecule has 3 N–H and O–H groups in total. The van der Waals surface area contributed by atoms with Gasteiger partial charge in [0.05, 0.1) is 6.07 Å². The molecule has 0 bridgehead atoms. The Morgan fingerprint density at radius 2 is 1.96 bits per heavy atom. The van der Waals surface area contributed by atoms with Gasteiger partial charge >= 0.3 is 5.97 Å². The van der Waals surface area contributed by atoms with Crippen molar-refractivity contribution in [3.8, 4) is 6.07 Å². The minimum atomic E-state index is -1.28. The highest BCUT2D eigenvalue weighted by molar-refractivity contribution is 5.90. The summed E-state index contributed by atoms with van der Waals surface area (Å²) in [5, 5.41) is 22.7. The van der Waals surface area contributed by atoms with Crippen molar-refractivity contribution in [2.75, 3.05) is 0 Å². The Hall–Kier alpha value is -2.95. The number of nitriles is 1. The van der Waals surface area contributed by atoms with E-state index in [4.69, 9.17) is 5.26 Å². The molecule has 0 aromatic heterocycles. The predicted octanol–water partition coefficient (Wildman–Crippen LogP) is 0.992. The molecule has 0 unspecified atom stereocenters. The summed E-state index contributed by atoms with van der Waals surface area (Å²) in [6.45, 7) is 2.76. The summed E-state index contributed by atoms with van der Waals surface area (Å²) in [6, 6.07) is 5.14. The number of halogens is 1. The van der Waals surface area contributed by atoms with E-state index in [1.54, 1.807) is 13.0 Å². The molecule has 8 heteroatoms. The molecule has 1 aromatic rings. The highest BCUT2D eigenvalue weighted by Crippen LogP contribution is 2.09. The van der Waals surface area contributed by atoms with E-state index >= 15 is 0 Å². The predicted molar refractivity (Wildman–Crippen MR) is 86.7 cm³/mol. The van der Waals surface area contributed by atoms with Gasteiger partial charge in [0.2, 0.25) is 11.8 Å². The largest absolute Gasteiger partial charge is 0.480 e. The maximum atomic E-state index is 13.3. The minimum Gasteiger partial charge on any atom is -0.480 e. The third kappa shape index (κ3) is 6.99. The van der Waals surface area contributed by atoms with E-state index in [0.29, 0.717) is 5.56 Å². The van der Waals surface area contributed by atoms with Crippen molar-refractivity contribution >= 4 is 17.8 Å². The molecule has 0 heterocycles. The molecule has 0 saturated carbocycles. The van der Waals surface area contributed by atoms with Crippen molar-refractivity contribution < 1.29 is 23.9 Å². The number of hydrogen-bond acceptors (Lipinski definition) is 4. The van der Waals surface area contributed by atoms with Crippen LogP contribution >= 0.6 is 0 Å². The first kappa shape index (κ1) is 20.1. The van der Waals surface area contributed by atoms with Crippen molar-refractivity contribution in [1.29, 1.82) is 5.26 Å². The molecule has 3 atom stereocenters. The Bertz CT molecular complexity index is 687. The number of carbonyl (C=O) groups is 3. The van der Waals surface area contributed by atoms with Gasteiger partial charge in [-0.15, -0.1) is 0 Å². The third-order valence-electron chi connectivity index (χ3n) is 3.45. The molecular formula is C17H20FN3O4. The van der Waals surface area contributed by atoms with Crippen LogP contribution in [-0.4, -0.2) is 35.0 Å². The van der Waals surface area contributed by atoms with Crippen LogP contribution in [0, 0.1) is 23.1 Å². The molecule has 7 nitrogen and oxygen atoms in total. The van der Waals surface area contributed by atoms with Gasteiger partial charge in [0.15, 0.2) is 0 Å². The van der Waals surface area contributed by atoms with E-state index in [-0.39, 0.29) is 12.8 Å². The smallest absolute Gasteiger partial charge is 0.326 e. The number of nitrogens with one attached hydrogen (secondary N) is 2. The monoisotopic (exact) mass is 349 g/mol. The summed E-state index contributed by atoms with van der Waals surface area (Å²) < 4.78 is 13.3. The molecule has 0 fully saturated rings. The third-order valence-corrected chi connectivity index (χ3v) is 3.45. The van der Waals surface area contributed by atoms with Gasteiger partial charge in [-0.2, -0.15) is 5.26 Å². The summed E-state index contributed by atoms with van der Waals surface area (Å²) in [6.07, 6.45) is -0.0619. The van der Waals surface area contributed by atoms with E-state index in [0.717, 1.165) is 0 Å². The van der Waals surface area contributed by atoms with Crippen molar-refractivity contribution in [3.63, 3.8) is 0 Å². The van der Waals surface area contributed by atoms with Crippen molar-refractivity contribution in [2.24, 2.45) is 5.92 Å². The minimum absolute atomic E-state index is 0.00329. The van der Waals surface area contributed by atoms with Gasteiger partial charge in [-0.1, -0.05) is 12.1 Å². The molecule has 134 valence electrons. The fraction of sp³-hybridized carbons (Fsp3) is 0.412. The topological polar surface area (TPSA) is 119 Å². The number of hydrogen-bond donors (Lipinski definition) is 3. The van der Waals surface area contributed by atoms with Crippen LogP contribution in [-0.2, 0) is 20.8 Å². The van der Waals surface area contributed by atoms with Gasteiger partial charge in [-0.3, -0.25) is 9.59 Å². The number of carbonyl (C=O) groups excluding carboxylic acids is 2. The lowest BCUT2D eigenvalue weighted by Crippen LogP contribution is -2.52. The zero-order valence-corrected chi connectivity index (χ0v) is 14.0. The van der Waals surface area contributed by atoms with Crippen LogP contribution in [0.4, 0.5) is 4.39 Å². The van der Waals surface area contributed by atoms with Gasteiger partial charge in [-0.25, -0.2) is 9.18 Å². The Morgan fingerprint density at radius 3 is 2.48 bits per heavy atom. The van der Waals surface area contributed by atoms with Crippen LogP contribution in [0.2, 0.25) is 0 Å². The van der Waals surface area contributed by atoms with E-state index in [2.05, 4.69) is 10.6 Å². The number of benzene rings is 1. The molecule has 2 amide bonds. The summed E-state index contributed by atoms with van der Waals surface area (Å²) in [5.41, 5.74) is 0.478. The highest BCUT2D eigenvalue weighted by atomic mass is 19.1. The molecule has 0 aliphatic rings. The molecule has 0 aliphatic carbocycles. The molecular weight excluding hydrogens is 329 g/mol. The van der Waals surface area contributed by atoms with E-state index in [9.17, 15) is 23.9 Å². The fourth-order valence-electron chi connectivity index (χ4n) is 2.25. The van der Waals surface area contributed by atoms with Crippen LogP contribution in [0.5, 0.6) is 0 Å². The average molecular weight is 349 g/mol. The molecule has 0 radical (unpaired) electrons. The second-order valence-corrected chi connectivity index (χ2v) is 5.75. The lowest BCUT2D eigenvalue weighted by atomic mass is 10.0. The van der Waals surface area contributed by atoms with Crippen LogP contribution in [0.25, 0.3) is 0 Å². The zero-order valence-electron chi connectivity index (χ0n) is 14.0. The number of rotatable bonds is 8.